The minimum Gasteiger partial charge on any atom is -0.490 e. The van der Waals surface area contributed by atoms with Gasteiger partial charge in [0.1, 0.15) is 6.61 Å². The third-order valence-corrected chi connectivity index (χ3v) is 6.84. The lowest BCUT2D eigenvalue weighted by Gasteiger charge is -2.14. The highest BCUT2D eigenvalue weighted by Crippen LogP contribution is 2.36. The van der Waals surface area contributed by atoms with Crippen LogP contribution in [-0.4, -0.2) is 22.7 Å². The number of carbonyl (C=O) groups excluding carboxylic acids is 2. The summed E-state index contributed by atoms with van der Waals surface area (Å²) in [5.74, 6) is 0.711. The standard InChI is InChI=1S/C26H20Cl3NO4S/c1-2-33-23-11-17(5-10-22(23)34-15-18-6-9-20(28)13-21(18)29)12-24-25(31)30(26(32)35-24)14-16-3-7-19(27)8-4-16/h3-13H,2,14-15H2,1H3/b24-12-. The van der Waals surface area contributed by atoms with Crippen molar-refractivity contribution >= 4 is 63.8 Å². The van der Waals surface area contributed by atoms with Gasteiger partial charge in [-0.2, -0.15) is 0 Å². The Labute approximate surface area is 222 Å². The minimum atomic E-state index is -0.342. The summed E-state index contributed by atoms with van der Waals surface area (Å²) in [6, 6.07) is 17.6. The fraction of sp³-hybridized carbons (Fsp3) is 0.154. The van der Waals surface area contributed by atoms with Crippen molar-refractivity contribution in [3.05, 3.63) is 97.3 Å². The van der Waals surface area contributed by atoms with Gasteiger partial charge in [-0.25, -0.2) is 0 Å². The predicted octanol–water partition coefficient (Wildman–Crippen LogP) is 7.86. The first-order chi connectivity index (χ1) is 16.8. The minimum absolute atomic E-state index is 0.184. The molecule has 1 aliphatic rings. The number of ether oxygens (including phenoxy) is 2. The Kier molecular flexibility index (Phi) is 8.29. The number of imide groups is 1. The van der Waals surface area contributed by atoms with Crippen LogP contribution >= 0.6 is 46.6 Å². The van der Waals surface area contributed by atoms with Gasteiger partial charge in [0.25, 0.3) is 11.1 Å². The molecule has 0 aromatic heterocycles. The van der Waals surface area contributed by atoms with Gasteiger partial charge in [-0.3, -0.25) is 14.5 Å². The Bertz CT molecular complexity index is 1290. The summed E-state index contributed by atoms with van der Waals surface area (Å²) in [4.78, 5) is 26.9. The smallest absolute Gasteiger partial charge is 0.293 e. The van der Waals surface area contributed by atoms with E-state index < -0.39 is 0 Å². The van der Waals surface area contributed by atoms with Crippen molar-refractivity contribution in [2.45, 2.75) is 20.1 Å². The van der Waals surface area contributed by atoms with E-state index in [1.807, 2.05) is 6.92 Å². The fourth-order valence-electron chi connectivity index (χ4n) is 3.36. The van der Waals surface area contributed by atoms with Gasteiger partial charge < -0.3 is 9.47 Å². The molecule has 0 saturated carbocycles. The van der Waals surface area contributed by atoms with Crippen LogP contribution in [0.3, 0.4) is 0 Å². The second kappa shape index (κ2) is 11.4. The lowest BCUT2D eigenvalue weighted by Crippen LogP contribution is -2.27. The highest BCUT2D eigenvalue weighted by Gasteiger charge is 2.35. The number of nitrogens with zero attached hydrogens (tertiary/aromatic N) is 1. The van der Waals surface area contributed by atoms with Crippen LogP contribution in [0, 0.1) is 0 Å². The quantitative estimate of drug-likeness (QED) is 0.268. The Morgan fingerprint density at radius 3 is 2.34 bits per heavy atom. The number of hydrogen-bond donors (Lipinski definition) is 0. The molecule has 3 aromatic rings. The van der Waals surface area contributed by atoms with E-state index in [9.17, 15) is 9.59 Å². The molecule has 5 nitrogen and oxygen atoms in total. The Hall–Kier alpha value is -2.64. The van der Waals surface area contributed by atoms with E-state index in [0.717, 1.165) is 22.9 Å². The van der Waals surface area contributed by atoms with Crippen molar-refractivity contribution in [3.63, 3.8) is 0 Å². The molecule has 4 rings (SSSR count). The van der Waals surface area contributed by atoms with E-state index in [1.54, 1.807) is 66.7 Å². The summed E-state index contributed by atoms with van der Waals surface area (Å²) < 4.78 is 11.7. The predicted molar refractivity (Wildman–Crippen MR) is 141 cm³/mol. The van der Waals surface area contributed by atoms with Crippen LogP contribution in [0.5, 0.6) is 11.5 Å². The van der Waals surface area contributed by atoms with Crippen molar-refractivity contribution in [1.29, 1.82) is 0 Å². The second-order valence-corrected chi connectivity index (χ2v) is 9.83. The number of amides is 2. The molecule has 0 spiro atoms. The summed E-state index contributed by atoms with van der Waals surface area (Å²) in [7, 11) is 0. The van der Waals surface area contributed by atoms with E-state index in [-0.39, 0.29) is 24.3 Å². The number of benzene rings is 3. The van der Waals surface area contributed by atoms with Crippen molar-refractivity contribution in [3.8, 4) is 11.5 Å². The van der Waals surface area contributed by atoms with Gasteiger partial charge in [0.05, 0.1) is 18.1 Å². The first-order valence-electron chi connectivity index (χ1n) is 10.7. The van der Waals surface area contributed by atoms with Crippen LogP contribution in [0.15, 0.2) is 65.6 Å². The van der Waals surface area contributed by atoms with E-state index in [0.29, 0.717) is 43.6 Å². The van der Waals surface area contributed by atoms with Gasteiger partial charge in [0.2, 0.25) is 0 Å². The largest absolute Gasteiger partial charge is 0.490 e. The number of hydrogen-bond acceptors (Lipinski definition) is 5. The number of rotatable bonds is 8. The molecule has 0 atom stereocenters. The molecule has 0 unspecified atom stereocenters. The molecular weight excluding hydrogens is 529 g/mol. The summed E-state index contributed by atoms with van der Waals surface area (Å²) in [5.41, 5.74) is 2.32. The molecule has 0 radical (unpaired) electrons. The van der Waals surface area contributed by atoms with Gasteiger partial charge >= 0.3 is 0 Å². The maximum Gasteiger partial charge on any atom is 0.293 e. The lowest BCUT2D eigenvalue weighted by molar-refractivity contribution is -0.123. The monoisotopic (exact) mass is 547 g/mol. The van der Waals surface area contributed by atoms with Gasteiger partial charge in [0, 0.05) is 20.6 Å². The zero-order valence-electron chi connectivity index (χ0n) is 18.6. The highest BCUT2D eigenvalue weighted by molar-refractivity contribution is 8.18. The Morgan fingerprint density at radius 2 is 1.63 bits per heavy atom. The molecule has 1 saturated heterocycles. The molecule has 3 aromatic carbocycles. The number of halogens is 3. The van der Waals surface area contributed by atoms with Crippen LogP contribution < -0.4 is 9.47 Å². The van der Waals surface area contributed by atoms with E-state index in [2.05, 4.69) is 0 Å². The van der Waals surface area contributed by atoms with Crippen molar-refractivity contribution < 1.29 is 19.1 Å². The number of thioether (sulfide) groups is 1. The zero-order valence-corrected chi connectivity index (χ0v) is 21.7. The lowest BCUT2D eigenvalue weighted by atomic mass is 10.1. The molecule has 1 fully saturated rings. The van der Waals surface area contributed by atoms with Gasteiger partial charge in [-0.05, 0) is 72.3 Å². The molecule has 0 N–H and O–H groups in total. The van der Waals surface area contributed by atoms with Crippen LogP contribution in [0.25, 0.3) is 6.08 Å². The van der Waals surface area contributed by atoms with E-state index in [1.165, 1.54) is 4.90 Å². The molecule has 1 aliphatic heterocycles. The summed E-state index contributed by atoms with van der Waals surface area (Å²) in [5, 5.41) is 1.34. The average Bonchev–Trinajstić information content (AvgIpc) is 3.08. The van der Waals surface area contributed by atoms with Crippen molar-refractivity contribution in [2.24, 2.45) is 0 Å². The van der Waals surface area contributed by atoms with Gasteiger partial charge in [-0.1, -0.05) is 59.1 Å². The second-order valence-electron chi connectivity index (χ2n) is 7.56. The third kappa shape index (κ3) is 6.33. The zero-order chi connectivity index (χ0) is 24.9. The van der Waals surface area contributed by atoms with E-state index in [4.69, 9.17) is 44.3 Å². The van der Waals surface area contributed by atoms with E-state index >= 15 is 0 Å². The topological polar surface area (TPSA) is 55.8 Å². The van der Waals surface area contributed by atoms with Gasteiger partial charge in [-0.15, -0.1) is 0 Å². The molecular formula is C26H20Cl3NO4S. The molecule has 0 bridgehead atoms. The number of carbonyl (C=O) groups is 2. The molecule has 2 amide bonds. The third-order valence-electron chi connectivity index (χ3n) is 5.09. The van der Waals surface area contributed by atoms with Crippen LogP contribution in [0.4, 0.5) is 4.79 Å². The molecule has 180 valence electrons. The maximum absolute atomic E-state index is 12.9. The fourth-order valence-corrected chi connectivity index (χ4v) is 4.78. The normalized spacial score (nSPS) is 14.6. The van der Waals surface area contributed by atoms with Crippen LogP contribution in [0.1, 0.15) is 23.6 Å². The average molecular weight is 549 g/mol. The summed E-state index contributed by atoms with van der Waals surface area (Å²) in [6.45, 7) is 2.72. The summed E-state index contributed by atoms with van der Waals surface area (Å²) in [6.07, 6.45) is 1.68. The van der Waals surface area contributed by atoms with Gasteiger partial charge in [0.15, 0.2) is 11.5 Å². The first-order valence-corrected chi connectivity index (χ1v) is 12.6. The maximum atomic E-state index is 12.9. The van der Waals surface area contributed by atoms with Crippen molar-refractivity contribution in [2.75, 3.05) is 6.61 Å². The van der Waals surface area contributed by atoms with Crippen LogP contribution in [0.2, 0.25) is 15.1 Å². The molecule has 9 heteroatoms. The van der Waals surface area contributed by atoms with Crippen LogP contribution in [-0.2, 0) is 17.9 Å². The molecule has 0 aliphatic carbocycles. The Balaban J connectivity index is 1.50. The molecule has 35 heavy (non-hydrogen) atoms. The summed E-state index contributed by atoms with van der Waals surface area (Å²) >= 11 is 19.0. The molecule has 1 heterocycles. The van der Waals surface area contributed by atoms with Crippen molar-refractivity contribution in [1.82, 2.24) is 4.90 Å². The SMILES string of the molecule is CCOc1cc(/C=C2\SC(=O)N(Cc3ccc(Cl)cc3)C2=O)ccc1OCc1ccc(Cl)cc1Cl. The Morgan fingerprint density at radius 1 is 0.886 bits per heavy atom. The first kappa shape index (κ1) is 25.5. The highest BCUT2D eigenvalue weighted by atomic mass is 35.5.